The van der Waals surface area contributed by atoms with Crippen molar-refractivity contribution in [1.82, 2.24) is 19.2 Å². The molecule has 2 heterocycles. The molecule has 1 unspecified atom stereocenters. The maximum Gasteiger partial charge on any atom is 0.350 e. The van der Waals surface area contributed by atoms with E-state index in [1.54, 1.807) is 18.6 Å². The second kappa shape index (κ2) is 3.41. The van der Waals surface area contributed by atoms with E-state index in [2.05, 4.69) is 10.1 Å². The Bertz CT molecular complexity index is 568. The van der Waals surface area contributed by atoms with E-state index in [1.165, 1.54) is 21.9 Å². The first-order valence-corrected chi connectivity index (χ1v) is 5.40. The average Bonchev–Trinajstić information content (AvgIpc) is 3.08. The van der Waals surface area contributed by atoms with Crippen molar-refractivity contribution in [2.24, 2.45) is 11.7 Å². The number of aromatic nitrogens is 4. The molecule has 16 heavy (non-hydrogen) atoms. The highest BCUT2D eigenvalue weighted by atomic mass is 16.2. The molecule has 1 aliphatic carbocycles. The molecule has 84 valence electrons. The number of nitrogens with two attached hydrogens (primary N) is 1. The lowest BCUT2D eigenvalue weighted by Gasteiger charge is -2.07. The topological polar surface area (TPSA) is 78.2 Å². The number of hydrogen-bond acceptors (Lipinski definition) is 4. The van der Waals surface area contributed by atoms with Gasteiger partial charge in [-0.05, 0) is 18.8 Å². The minimum Gasteiger partial charge on any atom is -0.326 e. The summed E-state index contributed by atoms with van der Waals surface area (Å²) in [6.07, 6.45) is 7.10. The van der Waals surface area contributed by atoms with Gasteiger partial charge in [0.25, 0.3) is 0 Å². The van der Waals surface area contributed by atoms with E-state index in [9.17, 15) is 4.79 Å². The van der Waals surface area contributed by atoms with Gasteiger partial charge in [0.1, 0.15) is 0 Å². The zero-order chi connectivity index (χ0) is 11.1. The molecule has 6 heteroatoms. The van der Waals surface area contributed by atoms with Gasteiger partial charge in [0.15, 0.2) is 5.65 Å². The summed E-state index contributed by atoms with van der Waals surface area (Å²) in [5, 5.41) is 4.19. The van der Waals surface area contributed by atoms with Crippen molar-refractivity contribution >= 4 is 5.65 Å². The summed E-state index contributed by atoms with van der Waals surface area (Å²) < 4.78 is 2.91. The van der Waals surface area contributed by atoms with E-state index >= 15 is 0 Å². The summed E-state index contributed by atoms with van der Waals surface area (Å²) in [6.45, 7) is 0.491. The van der Waals surface area contributed by atoms with E-state index in [0.29, 0.717) is 18.1 Å². The van der Waals surface area contributed by atoms with Gasteiger partial charge in [-0.1, -0.05) is 0 Å². The molecular formula is C10H13N5O. The van der Waals surface area contributed by atoms with Crippen molar-refractivity contribution < 1.29 is 0 Å². The highest BCUT2D eigenvalue weighted by Crippen LogP contribution is 2.31. The lowest BCUT2D eigenvalue weighted by molar-refractivity contribution is 0.461. The standard InChI is InChI=1S/C10H13N5O/c11-8(7-1-2-7)6-15-10(16)14-4-3-12-5-9(14)13-15/h3-5,7-8H,1-2,6,11H2. The first-order chi connectivity index (χ1) is 7.75. The fourth-order valence-corrected chi connectivity index (χ4v) is 1.87. The van der Waals surface area contributed by atoms with Crippen molar-refractivity contribution in [1.29, 1.82) is 0 Å². The lowest BCUT2D eigenvalue weighted by Crippen LogP contribution is -2.33. The van der Waals surface area contributed by atoms with E-state index < -0.39 is 0 Å². The highest BCUT2D eigenvalue weighted by Gasteiger charge is 2.29. The van der Waals surface area contributed by atoms with Crippen molar-refractivity contribution in [3.63, 3.8) is 0 Å². The number of rotatable bonds is 3. The summed E-state index contributed by atoms with van der Waals surface area (Å²) in [5.41, 5.74) is 6.40. The second-order valence-electron chi connectivity index (χ2n) is 4.27. The molecule has 3 rings (SSSR count). The molecule has 1 fully saturated rings. The molecule has 2 aromatic rings. The molecule has 0 amide bonds. The number of nitrogens with zero attached hydrogens (tertiary/aromatic N) is 4. The first-order valence-electron chi connectivity index (χ1n) is 5.40. The minimum absolute atomic E-state index is 0.0376. The molecule has 0 radical (unpaired) electrons. The Balaban J connectivity index is 1.97. The third kappa shape index (κ3) is 1.51. The fraction of sp³-hybridized carbons (Fsp3) is 0.500. The summed E-state index contributed by atoms with van der Waals surface area (Å²) in [6, 6.07) is 0.0376. The zero-order valence-corrected chi connectivity index (χ0v) is 8.78. The van der Waals surface area contributed by atoms with Gasteiger partial charge >= 0.3 is 5.69 Å². The molecule has 0 bridgehead atoms. The summed E-state index contributed by atoms with van der Waals surface area (Å²) in [4.78, 5) is 15.8. The van der Waals surface area contributed by atoms with Crippen LogP contribution in [0.1, 0.15) is 12.8 Å². The largest absolute Gasteiger partial charge is 0.350 e. The van der Waals surface area contributed by atoms with Gasteiger partial charge in [-0.2, -0.15) is 0 Å². The maximum absolute atomic E-state index is 11.9. The second-order valence-corrected chi connectivity index (χ2v) is 4.27. The van der Waals surface area contributed by atoms with Crippen molar-refractivity contribution in [2.45, 2.75) is 25.4 Å². The van der Waals surface area contributed by atoms with Gasteiger partial charge in [0.2, 0.25) is 0 Å². The first kappa shape index (κ1) is 9.53. The van der Waals surface area contributed by atoms with Crippen molar-refractivity contribution in [2.75, 3.05) is 0 Å². The van der Waals surface area contributed by atoms with Crippen LogP contribution in [0.2, 0.25) is 0 Å². The predicted octanol–water partition coefficient (Wildman–Crippen LogP) is -0.372. The molecular weight excluding hydrogens is 206 g/mol. The van der Waals surface area contributed by atoms with Crippen LogP contribution in [0.4, 0.5) is 0 Å². The smallest absolute Gasteiger partial charge is 0.326 e. The quantitative estimate of drug-likeness (QED) is 0.763. The van der Waals surface area contributed by atoms with Crippen LogP contribution in [0.15, 0.2) is 23.4 Å². The number of fused-ring (bicyclic) bond motifs is 1. The maximum atomic E-state index is 11.9. The van der Waals surface area contributed by atoms with Crippen LogP contribution in [-0.2, 0) is 6.54 Å². The molecule has 1 saturated carbocycles. The van der Waals surface area contributed by atoms with Crippen LogP contribution < -0.4 is 11.4 Å². The third-order valence-corrected chi connectivity index (χ3v) is 3.00. The van der Waals surface area contributed by atoms with Crippen LogP contribution in [0, 0.1) is 5.92 Å². The van der Waals surface area contributed by atoms with Crippen LogP contribution in [0.25, 0.3) is 5.65 Å². The SMILES string of the molecule is NC(Cn1nc2cnccn2c1=O)C1CC1. The molecule has 2 aromatic heterocycles. The fourth-order valence-electron chi connectivity index (χ4n) is 1.87. The molecule has 1 aliphatic rings. The summed E-state index contributed by atoms with van der Waals surface area (Å²) >= 11 is 0. The van der Waals surface area contributed by atoms with Crippen LogP contribution in [0.3, 0.4) is 0 Å². The Labute approximate surface area is 91.7 Å². The molecule has 0 aromatic carbocycles. The average molecular weight is 219 g/mol. The molecule has 0 aliphatic heterocycles. The minimum atomic E-state index is -0.145. The van der Waals surface area contributed by atoms with Gasteiger partial charge in [-0.25, -0.2) is 13.9 Å². The van der Waals surface area contributed by atoms with E-state index in [-0.39, 0.29) is 11.7 Å². The Morgan fingerprint density at radius 2 is 2.38 bits per heavy atom. The molecule has 1 atom stereocenters. The summed E-state index contributed by atoms with van der Waals surface area (Å²) in [5.74, 6) is 0.565. The lowest BCUT2D eigenvalue weighted by atomic mass is 10.2. The Hall–Kier alpha value is -1.69. The molecule has 6 nitrogen and oxygen atoms in total. The van der Waals surface area contributed by atoms with Gasteiger partial charge in [0, 0.05) is 18.4 Å². The van der Waals surface area contributed by atoms with Crippen molar-refractivity contribution in [3.8, 4) is 0 Å². The monoisotopic (exact) mass is 219 g/mol. The normalized spacial score (nSPS) is 17.8. The van der Waals surface area contributed by atoms with Gasteiger partial charge in [0.05, 0.1) is 12.7 Å². The third-order valence-electron chi connectivity index (χ3n) is 3.00. The van der Waals surface area contributed by atoms with Gasteiger partial charge in [-0.3, -0.25) is 4.98 Å². The summed E-state index contributed by atoms with van der Waals surface area (Å²) in [7, 11) is 0. The number of hydrogen-bond donors (Lipinski definition) is 1. The van der Waals surface area contributed by atoms with Crippen LogP contribution in [-0.4, -0.2) is 25.2 Å². The zero-order valence-electron chi connectivity index (χ0n) is 8.78. The van der Waals surface area contributed by atoms with Gasteiger partial charge < -0.3 is 5.73 Å². The Morgan fingerprint density at radius 1 is 1.56 bits per heavy atom. The van der Waals surface area contributed by atoms with Crippen molar-refractivity contribution in [3.05, 3.63) is 29.1 Å². The van der Waals surface area contributed by atoms with Crippen LogP contribution in [0.5, 0.6) is 0 Å². The van der Waals surface area contributed by atoms with E-state index in [4.69, 9.17) is 5.73 Å². The molecule has 0 spiro atoms. The Kier molecular flexibility index (Phi) is 2.03. The molecule has 0 saturated heterocycles. The highest BCUT2D eigenvalue weighted by molar-refractivity contribution is 5.31. The van der Waals surface area contributed by atoms with E-state index in [1.807, 2.05) is 0 Å². The molecule has 2 N–H and O–H groups in total. The Morgan fingerprint density at radius 3 is 3.06 bits per heavy atom. The van der Waals surface area contributed by atoms with Gasteiger partial charge in [-0.15, -0.1) is 5.10 Å². The van der Waals surface area contributed by atoms with Crippen LogP contribution >= 0.6 is 0 Å². The predicted molar refractivity (Wildman–Crippen MR) is 57.9 cm³/mol. The van der Waals surface area contributed by atoms with E-state index in [0.717, 1.165) is 0 Å².